The smallest absolute Gasteiger partial charge is 0.355 e. The van der Waals surface area contributed by atoms with Crippen LogP contribution < -0.4 is 0 Å². The van der Waals surface area contributed by atoms with E-state index in [0.717, 1.165) is 70.5 Å². The lowest BCUT2D eigenvalue weighted by molar-refractivity contribution is 0.0509. The summed E-state index contributed by atoms with van der Waals surface area (Å²) in [5.41, 5.74) is 9.08. The van der Waals surface area contributed by atoms with Crippen LogP contribution in [0.3, 0.4) is 0 Å². The van der Waals surface area contributed by atoms with Crippen molar-refractivity contribution >= 4 is 11.9 Å². The highest BCUT2D eigenvalue weighted by atomic mass is 16.5. The minimum Gasteiger partial charge on any atom is -0.461 e. The van der Waals surface area contributed by atoms with Crippen molar-refractivity contribution in [3.05, 3.63) is 57.9 Å². The van der Waals surface area contributed by atoms with E-state index < -0.39 is 0 Å². The molecule has 0 fully saturated rings. The number of nitrogens with one attached hydrogen (secondary N) is 2. The fourth-order valence-corrected chi connectivity index (χ4v) is 4.85. The van der Waals surface area contributed by atoms with Gasteiger partial charge in [-0.25, -0.2) is 9.59 Å². The molecular weight excluding hydrogens is 428 g/mol. The predicted octanol–water partition coefficient (Wildman–Crippen LogP) is 6.28. The largest absolute Gasteiger partial charge is 0.461 e. The summed E-state index contributed by atoms with van der Waals surface area (Å²) in [6.07, 6.45) is 3.02. The summed E-state index contributed by atoms with van der Waals surface area (Å²) in [6, 6.07) is 8.11. The molecule has 0 saturated carbocycles. The third-order valence-corrected chi connectivity index (χ3v) is 6.27. The number of carbonyl (C=O) groups is 2. The highest BCUT2D eigenvalue weighted by molar-refractivity contribution is 5.95. The van der Waals surface area contributed by atoms with Gasteiger partial charge in [0.2, 0.25) is 0 Å². The molecule has 0 atom stereocenters. The molecule has 0 amide bonds. The van der Waals surface area contributed by atoms with E-state index in [1.807, 2.05) is 26.0 Å². The van der Waals surface area contributed by atoms with Crippen LogP contribution in [-0.2, 0) is 35.2 Å². The van der Waals surface area contributed by atoms with Gasteiger partial charge in [0, 0.05) is 11.1 Å². The fourth-order valence-electron chi connectivity index (χ4n) is 4.85. The SMILES string of the molecule is CCOC(=O)c1[nH]c(-c2ccccc2-c2[nH]c(C(=O)OCC)c(CC)c2CC)c(CC)c1CC. The molecule has 0 radical (unpaired) electrons. The van der Waals surface area contributed by atoms with Crippen LogP contribution in [0.25, 0.3) is 22.5 Å². The zero-order valence-corrected chi connectivity index (χ0v) is 21.2. The molecule has 0 unspecified atom stereocenters. The van der Waals surface area contributed by atoms with Crippen LogP contribution in [0.1, 0.15) is 84.8 Å². The van der Waals surface area contributed by atoms with Crippen molar-refractivity contribution in [1.29, 1.82) is 0 Å². The van der Waals surface area contributed by atoms with Gasteiger partial charge in [0.15, 0.2) is 0 Å². The molecule has 6 nitrogen and oxygen atoms in total. The molecule has 2 heterocycles. The zero-order chi connectivity index (χ0) is 24.8. The van der Waals surface area contributed by atoms with Gasteiger partial charge in [0.1, 0.15) is 11.4 Å². The maximum absolute atomic E-state index is 12.7. The average molecular weight is 465 g/mol. The van der Waals surface area contributed by atoms with Crippen molar-refractivity contribution in [2.75, 3.05) is 13.2 Å². The minimum atomic E-state index is -0.329. The molecular formula is C28H36N2O4. The second-order valence-electron chi connectivity index (χ2n) is 8.06. The van der Waals surface area contributed by atoms with Crippen LogP contribution in [0.5, 0.6) is 0 Å². The number of carbonyl (C=O) groups excluding carboxylic acids is 2. The molecule has 0 aliphatic heterocycles. The van der Waals surface area contributed by atoms with Crippen LogP contribution in [0, 0.1) is 0 Å². The first-order valence-corrected chi connectivity index (χ1v) is 12.4. The van der Waals surface area contributed by atoms with Crippen LogP contribution in [-0.4, -0.2) is 35.1 Å². The Hall–Kier alpha value is -3.28. The monoisotopic (exact) mass is 464 g/mol. The molecule has 0 aliphatic carbocycles. The summed E-state index contributed by atoms with van der Waals surface area (Å²) in [7, 11) is 0. The normalized spacial score (nSPS) is 11.0. The maximum Gasteiger partial charge on any atom is 0.355 e. The number of hydrogen-bond acceptors (Lipinski definition) is 4. The second kappa shape index (κ2) is 11.2. The maximum atomic E-state index is 12.7. The van der Waals surface area contributed by atoms with E-state index >= 15 is 0 Å². The first kappa shape index (κ1) is 25.3. The van der Waals surface area contributed by atoms with Gasteiger partial charge in [0.25, 0.3) is 0 Å². The lowest BCUT2D eigenvalue weighted by Crippen LogP contribution is -2.08. The summed E-state index contributed by atoms with van der Waals surface area (Å²) in [4.78, 5) is 32.2. The average Bonchev–Trinajstić information content (AvgIpc) is 3.42. The predicted molar refractivity (Wildman–Crippen MR) is 135 cm³/mol. The summed E-state index contributed by atoms with van der Waals surface area (Å²) < 4.78 is 10.7. The molecule has 0 spiro atoms. The van der Waals surface area contributed by atoms with Gasteiger partial charge in [0.05, 0.1) is 24.6 Å². The Morgan fingerprint density at radius 3 is 1.26 bits per heavy atom. The third-order valence-electron chi connectivity index (χ3n) is 6.27. The quantitative estimate of drug-likeness (QED) is 0.346. The van der Waals surface area contributed by atoms with Gasteiger partial charge in [-0.1, -0.05) is 52.0 Å². The van der Waals surface area contributed by atoms with E-state index in [1.165, 1.54) is 0 Å². The van der Waals surface area contributed by atoms with Crippen molar-refractivity contribution in [1.82, 2.24) is 9.97 Å². The van der Waals surface area contributed by atoms with Gasteiger partial charge in [-0.05, 0) is 61.8 Å². The summed E-state index contributed by atoms with van der Waals surface area (Å²) in [5.74, 6) is -0.658. The molecule has 0 bridgehead atoms. The molecule has 182 valence electrons. The van der Waals surface area contributed by atoms with E-state index in [2.05, 4.69) is 49.8 Å². The lowest BCUT2D eigenvalue weighted by Gasteiger charge is -2.12. The fraction of sp³-hybridized carbons (Fsp3) is 0.429. The Balaban J connectivity index is 2.27. The van der Waals surface area contributed by atoms with Gasteiger partial charge in [-0.2, -0.15) is 0 Å². The molecule has 3 aromatic rings. The minimum absolute atomic E-state index is 0.327. The van der Waals surface area contributed by atoms with Gasteiger partial charge < -0.3 is 19.4 Å². The van der Waals surface area contributed by atoms with E-state index in [-0.39, 0.29) is 11.9 Å². The first-order chi connectivity index (χ1) is 16.5. The number of hydrogen-bond donors (Lipinski definition) is 2. The van der Waals surface area contributed by atoms with Crippen molar-refractivity contribution < 1.29 is 19.1 Å². The summed E-state index contributed by atoms with van der Waals surface area (Å²) in [5, 5.41) is 0. The van der Waals surface area contributed by atoms with E-state index in [0.29, 0.717) is 24.6 Å². The molecule has 2 N–H and O–H groups in total. The highest BCUT2D eigenvalue weighted by Crippen LogP contribution is 2.39. The number of esters is 2. The number of benzene rings is 1. The Labute approximate surface area is 202 Å². The number of rotatable bonds is 10. The van der Waals surface area contributed by atoms with Gasteiger partial charge in [-0.3, -0.25) is 0 Å². The topological polar surface area (TPSA) is 84.2 Å². The van der Waals surface area contributed by atoms with Crippen molar-refractivity contribution in [3.8, 4) is 22.5 Å². The van der Waals surface area contributed by atoms with Gasteiger partial charge in [-0.15, -0.1) is 0 Å². The van der Waals surface area contributed by atoms with Crippen LogP contribution in [0.4, 0.5) is 0 Å². The molecule has 3 rings (SSSR count). The van der Waals surface area contributed by atoms with Gasteiger partial charge >= 0.3 is 11.9 Å². The number of ether oxygens (including phenoxy) is 2. The highest BCUT2D eigenvalue weighted by Gasteiger charge is 2.26. The van der Waals surface area contributed by atoms with Crippen molar-refractivity contribution in [2.24, 2.45) is 0 Å². The standard InChI is InChI=1S/C28H36N2O4/c1-7-17-19(9-3)25(27(31)33-11-5)29-23(17)21-15-13-14-16-22(21)24-18(8-2)20(10-4)26(30-24)28(32)34-12-6/h13-16,29-30H,7-12H2,1-6H3. The molecule has 0 saturated heterocycles. The Morgan fingerprint density at radius 1 is 0.618 bits per heavy atom. The number of aromatic nitrogens is 2. The Morgan fingerprint density at radius 2 is 0.971 bits per heavy atom. The molecule has 34 heavy (non-hydrogen) atoms. The lowest BCUT2D eigenvalue weighted by atomic mass is 9.93. The van der Waals surface area contributed by atoms with E-state index in [1.54, 1.807) is 0 Å². The second-order valence-corrected chi connectivity index (χ2v) is 8.06. The summed E-state index contributed by atoms with van der Waals surface area (Å²) >= 11 is 0. The first-order valence-electron chi connectivity index (χ1n) is 12.4. The number of H-pyrrole nitrogens is 2. The van der Waals surface area contributed by atoms with E-state index in [9.17, 15) is 9.59 Å². The van der Waals surface area contributed by atoms with Crippen LogP contribution in [0.2, 0.25) is 0 Å². The summed E-state index contributed by atoms with van der Waals surface area (Å²) in [6.45, 7) is 12.6. The molecule has 2 aromatic heterocycles. The van der Waals surface area contributed by atoms with Crippen molar-refractivity contribution in [3.63, 3.8) is 0 Å². The van der Waals surface area contributed by atoms with Crippen molar-refractivity contribution in [2.45, 2.75) is 67.2 Å². The molecule has 6 heteroatoms. The van der Waals surface area contributed by atoms with E-state index in [4.69, 9.17) is 9.47 Å². The number of aromatic amines is 2. The van der Waals surface area contributed by atoms with Crippen LogP contribution in [0.15, 0.2) is 24.3 Å². The molecule has 0 aliphatic rings. The Bertz CT molecular complexity index is 1080. The third kappa shape index (κ3) is 4.54. The zero-order valence-electron chi connectivity index (χ0n) is 21.2. The van der Waals surface area contributed by atoms with Crippen LogP contribution >= 0.6 is 0 Å². The Kier molecular flexibility index (Phi) is 8.37. The molecule has 1 aromatic carbocycles.